The molecular weight excluding hydrogens is 492 g/mol. The Labute approximate surface area is 215 Å². The van der Waals surface area contributed by atoms with E-state index in [0.29, 0.717) is 27.9 Å². The van der Waals surface area contributed by atoms with Crippen molar-refractivity contribution in [3.05, 3.63) is 92.2 Å². The number of aromatic nitrogens is 6. The molecule has 10 heteroatoms. The fraction of sp³-hybridized carbons (Fsp3) is 0.222. The molecule has 4 aromatic heterocycles. The average Bonchev–Trinajstić information content (AvgIpc) is 3.57. The minimum absolute atomic E-state index is 0.269. The number of fused-ring (bicyclic) bond motifs is 3. The summed E-state index contributed by atoms with van der Waals surface area (Å²) in [6.07, 6.45) is 3.84. The predicted octanol–water partition coefficient (Wildman–Crippen LogP) is 5.20. The average molecular weight is 513 g/mol. The molecule has 1 aromatic carbocycles. The van der Waals surface area contributed by atoms with Gasteiger partial charge in [0, 0.05) is 34.4 Å². The number of imidazole rings is 1. The van der Waals surface area contributed by atoms with Gasteiger partial charge in [-0.05, 0) is 50.5 Å². The van der Waals surface area contributed by atoms with Crippen LogP contribution in [-0.2, 0) is 6.61 Å². The fourth-order valence-corrected chi connectivity index (χ4v) is 5.17. The predicted molar refractivity (Wildman–Crippen MR) is 138 cm³/mol. The number of nitrogens with one attached hydrogen (secondary N) is 1. The van der Waals surface area contributed by atoms with Crippen LogP contribution in [0.15, 0.2) is 51.9 Å². The monoisotopic (exact) mass is 512 g/mol. The van der Waals surface area contributed by atoms with E-state index < -0.39 is 5.76 Å². The van der Waals surface area contributed by atoms with Crippen molar-refractivity contribution in [3.8, 4) is 11.6 Å². The highest BCUT2D eigenvalue weighted by molar-refractivity contribution is 6.34. The normalized spacial score (nSPS) is 16.2. The van der Waals surface area contributed by atoms with Crippen LogP contribution in [0.25, 0.3) is 28.1 Å². The zero-order valence-electron chi connectivity index (χ0n) is 20.1. The minimum Gasteiger partial charge on any atom is -0.487 e. The van der Waals surface area contributed by atoms with E-state index in [2.05, 4.69) is 21.2 Å². The second kappa shape index (κ2) is 8.14. The van der Waals surface area contributed by atoms with E-state index in [9.17, 15) is 4.79 Å². The molecule has 9 nitrogen and oxygen atoms in total. The summed E-state index contributed by atoms with van der Waals surface area (Å²) in [5.41, 5.74) is 6.47. The smallest absolute Gasteiger partial charge is 0.439 e. The molecule has 5 heterocycles. The number of pyridine rings is 2. The van der Waals surface area contributed by atoms with Crippen molar-refractivity contribution in [1.29, 1.82) is 0 Å². The van der Waals surface area contributed by atoms with Gasteiger partial charge in [-0.15, -0.1) is 0 Å². The Bertz CT molecular complexity index is 1810. The zero-order chi connectivity index (χ0) is 25.3. The quantitative estimate of drug-likeness (QED) is 0.353. The van der Waals surface area contributed by atoms with Crippen LogP contribution in [0.5, 0.6) is 5.75 Å². The van der Waals surface area contributed by atoms with Gasteiger partial charge < -0.3 is 4.74 Å². The van der Waals surface area contributed by atoms with Gasteiger partial charge in [0.1, 0.15) is 29.5 Å². The second-order valence-corrected chi connectivity index (χ2v) is 9.80. The Hall–Kier alpha value is -4.24. The van der Waals surface area contributed by atoms with E-state index in [1.54, 1.807) is 12.3 Å². The van der Waals surface area contributed by atoms with Gasteiger partial charge in [-0.3, -0.25) is 14.1 Å². The van der Waals surface area contributed by atoms with Gasteiger partial charge in [0.2, 0.25) is 0 Å². The molecule has 0 amide bonds. The molecule has 1 N–H and O–H groups in total. The maximum absolute atomic E-state index is 11.7. The standard InChI is InChI=1S/C27H21ClN6O3/c1-13-11-17-19(30-24(13)34-25(15-7-8-15)31-22-18(28)9-10-29-26(22)34)12-36-20-6-4-3-5-16(20)21(17)14(2)23-32-27(35)37-33-23/h3-6,9-11,15H,7-8,12H2,1-2H3,(H,32,33,35)/b21-14-. The first-order valence-electron chi connectivity index (χ1n) is 12.0. The molecule has 1 aliphatic carbocycles. The largest absolute Gasteiger partial charge is 0.487 e. The summed E-state index contributed by atoms with van der Waals surface area (Å²) >= 11 is 6.50. The lowest BCUT2D eigenvalue weighted by Gasteiger charge is -2.17. The summed E-state index contributed by atoms with van der Waals surface area (Å²) in [6, 6.07) is 11.7. The van der Waals surface area contributed by atoms with E-state index in [-0.39, 0.29) is 6.61 Å². The first-order valence-corrected chi connectivity index (χ1v) is 12.4. The van der Waals surface area contributed by atoms with Crippen LogP contribution in [0.4, 0.5) is 0 Å². The molecule has 0 atom stereocenters. The molecular formula is C27H21ClN6O3. The maximum atomic E-state index is 11.7. The third-order valence-electron chi connectivity index (χ3n) is 6.90. The summed E-state index contributed by atoms with van der Waals surface area (Å²) < 4.78 is 13.1. The van der Waals surface area contributed by atoms with Gasteiger partial charge in [0.15, 0.2) is 11.5 Å². The number of rotatable bonds is 3. The topological polar surface area (TPSA) is 112 Å². The minimum atomic E-state index is -0.608. The van der Waals surface area contributed by atoms with Gasteiger partial charge >= 0.3 is 5.76 Å². The number of nitrogens with zero attached hydrogens (tertiary/aromatic N) is 5. The van der Waals surface area contributed by atoms with E-state index in [1.165, 1.54) is 0 Å². The summed E-state index contributed by atoms with van der Waals surface area (Å²) in [7, 11) is 0. The number of hydrogen-bond acceptors (Lipinski definition) is 7. The number of benzene rings is 1. The number of para-hydroxylation sites is 1. The highest BCUT2D eigenvalue weighted by atomic mass is 35.5. The van der Waals surface area contributed by atoms with Gasteiger partial charge in [-0.25, -0.2) is 19.7 Å². The molecule has 5 aromatic rings. The Morgan fingerprint density at radius 3 is 2.78 bits per heavy atom. The first-order chi connectivity index (χ1) is 18.0. The third-order valence-corrected chi connectivity index (χ3v) is 7.21. The van der Waals surface area contributed by atoms with E-state index in [1.807, 2.05) is 42.7 Å². The molecule has 1 aliphatic heterocycles. The number of aryl methyl sites for hydroxylation is 1. The molecule has 1 saturated carbocycles. The number of ether oxygens (including phenoxy) is 1. The van der Waals surface area contributed by atoms with E-state index in [0.717, 1.165) is 63.8 Å². The molecule has 184 valence electrons. The summed E-state index contributed by atoms with van der Waals surface area (Å²) in [4.78, 5) is 29.0. The van der Waals surface area contributed by atoms with Crippen molar-refractivity contribution in [2.45, 2.75) is 39.2 Å². The lowest BCUT2D eigenvalue weighted by Crippen LogP contribution is -2.10. The Balaban J connectivity index is 1.50. The molecule has 0 unspecified atom stereocenters. The van der Waals surface area contributed by atoms with Gasteiger partial charge in [-0.2, -0.15) is 0 Å². The van der Waals surface area contributed by atoms with Gasteiger partial charge in [0.05, 0.1) is 10.7 Å². The van der Waals surface area contributed by atoms with E-state index in [4.69, 9.17) is 30.8 Å². The molecule has 0 saturated heterocycles. The number of hydrogen-bond donors (Lipinski definition) is 1. The summed E-state index contributed by atoms with van der Waals surface area (Å²) in [5, 5.41) is 4.50. The fourth-order valence-electron chi connectivity index (χ4n) is 4.98. The maximum Gasteiger partial charge on any atom is 0.439 e. The molecule has 0 spiro atoms. The number of halogens is 1. The van der Waals surface area contributed by atoms with Crippen LogP contribution in [0, 0.1) is 6.92 Å². The lowest BCUT2D eigenvalue weighted by atomic mass is 9.91. The van der Waals surface area contributed by atoms with Crippen molar-refractivity contribution >= 4 is 33.9 Å². The molecule has 2 aliphatic rings. The number of allylic oxidation sites excluding steroid dienone is 1. The second-order valence-electron chi connectivity index (χ2n) is 9.40. The number of aromatic amines is 1. The van der Waals surface area contributed by atoms with Crippen LogP contribution in [0.3, 0.4) is 0 Å². The SMILES string of the molecule is C/C(=C1\c2ccccc2OCc2nc(-n3c(C4CC4)nc4c(Cl)ccnc43)c(C)cc21)c1noc(=O)[nH]1. The van der Waals surface area contributed by atoms with Gasteiger partial charge in [0.25, 0.3) is 0 Å². The lowest BCUT2D eigenvalue weighted by molar-refractivity contribution is 0.302. The highest BCUT2D eigenvalue weighted by Crippen LogP contribution is 2.44. The van der Waals surface area contributed by atoms with Crippen molar-refractivity contribution in [3.63, 3.8) is 0 Å². The third kappa shape index (κ3) is 3.49. The first kappa shape index (κ1) is 22.0. The summed E-state index contributed by atoms with van der Waals surface area (Å²) in [6.45, 7) is 4.20. The highest BCUT2D eigenvalue weighted by Gasteiger charge is 2.33. The van der Waals surface area contributed by atoms with Crippen molar-refractivity contribution in [1.82, 2.24) is 29.7 Å². The van der Waals surface area contributed by atoms with Crippen LogP contribution < -0.4 is 10.5 Å². The number of H-pyrrole nitrogens is 1. The Morgan fingerprint density at radius 2 is 2.00 bits per heavy atom. The van der Waals surface area contributed by atoms with E-state index >= 15 is 0 Å². The molecule has 0 radical (unpaired) electrons. The van der Waals surface area contributed by atoms with Crippen LogP contribution in [0.2, 0.25) is 5.02 Å². The van der Waals surface area contributed by atoms with Crippen LogP contribution in [-0.4, -0.2) is 29.7 Å². The van der Waals surface area contributed by atoms with Crippen molar-refractivity contribution < 1.29 is 9.26 Å². The summed E-state index contributed by atoms with van der Waals surface area (Å²) in [5.74, 6) is 2.51. The molecule has 37 heavy (non-hydrogen) atoms. The molecule has 7 rings (SSSR count). The Kier molecular flexibility index (Phi) is 4.84. The Morgan fingerprint density at radius 1 is 1.16 bits per heavy atom. The van der Waals surface area contributed by atoms with Gasteiger partial charge in [-0.1, -0.05) is 35.0 Å². The molecule has 0 bridgehead atoms. The zero-order valence-corrected chi connectivity index (χ0v) is 20.8. The van der Waals surface area contributed by atoms with Crippen molar-refractivity contribution in [2.75, 3.05) is 0 Å². The van der Waals surface area contributed by atoms with Crippen LogP contribution in [0.1, 0.15) is 59.7 Å². The van der Waals surface area contributed by atoms with Crippen molar-refractivity contribution in [2.24, 2.45) is 0 Å². The van der Waals surface area contributed by atoms with Crippen LogP contribution >= 0.6 is 11.6 Å². The molecule has 1 fully saturated rings.